The van der Waals surface area contributed by atoms with Gasteiger partial charge in [-0.05, 0) is 30.5 Å². The number of imidazole rings is 1. The molecule has 0 unspecified atom stereocenters. The molecule has 2 heterocycles. The molecular weight excluding hydrogens is 378 g/mol. The molecule has 0 radical (unpaired) electrons. The van der Waals surface area contributed by atoms with Crippen molar-refractivity contribution in [2.24, 2.45) is 0 Å². The summed E-state index contributed by atoms with van der Waals surface area (Å²) >= 11 is 6.02. The second-order valence-corrected chi connectivity index (χ2v) is 7.53. The number of carbonyl (C=O) groups is 1. The van der Waals surface area contributed by atoms with Crippen LogP contribution in [0.3, 0.4) is 0 Å². The topological polar surface area (TPSA) is 85.8 Å². The van der Waals surface area contributed by atoms with Gasteiger partial charge in [-0.15, -0.1) is 10.2 Å². The summed E-state index contributed by atoms with van der Waals surface area (Å²) in [5.41, 5.74) is 0.929. The Bertz CT molecular complexity index is 916. The molecule has 1 N–H and O–H groups in total. The standard InChI is InChI=1S/C20H22ClN5O2/c21-16-4-2-15(3-5-16)20(8-1-9-20)19-25-24-18(28-19)7-6-17(27)23-11-13-26-12-10-22-14-26/h2-5,10,12,14H,1,6-9,11,13H2,(H,23,27). The highest BCUT2D eigenvalue weighted by Gasteiger charge is 2.45. The van der Waals surface area contributed by atoms with E-state index in [4.69, 9.17) is 16.0 Å². The van der Waals surface area contributed by atoms with Crippen molar-refractivity contribution in [3.8, 4) is 0 Å². The minimum Gasteiger partial charge on any atom is -0.424 e. The van der Waals surface area contributed by atoms with Crippen molar-refractivity contribution in [3.05, 3.63) is 65.4 Å². The number of hydrogen-bond acceptors (Lipinski definition) is 5. The Kier molecular flexibility index (Phi) is 5.43. The number of halogens is 1. The Hall–Kier alpha value is -2.67. The fourth-order valence-electron chi connectivity index (χ4n) is 3.53. The summed E-state index contributed by atoms with van der Waals surface area (Å²) in [6.45, 7) is 1.25. The number of aromatic nitrogens is 4. The molecule has 2 aromatic heterocycles. The van der Waals surface area contributed by atoms with Crippen LogP contribution in [0.15, 0.2) is 47.4 Å². The quantitative estimate of drug-likeness (QED) is 0.628. The van der Waals surface area contributed by atoms with Crippen LogP contribution >= 0.6 is 11.6 Å². The van der Waals surface area contributed by atoms with Gasteiger partial charge in [-0.3, -0.25) is 4.79 Å². The minimum atomic E-state index is -0.219. The van der Waals surface area contributed by atoms with Gasteiger partial charge in [0.05, 0.1) is 11.7 Å². The first-order chi connectivity index (χ1) is 13.7. The summed E-state index contributed by atoms with van der Waals surface area (Å²) in [6.07, 6.45) is 9.13. The highest BCUT2D eigenvalue weighted by Crippen LogP contribution is 2.48. The molecule has 8 heteroatoms. The second kappa shape index (κ2) is 8.14. The summed E-state index contributed by atoms with van der Waals surface area (Å²) in [5, 5.41) is 12.1. The van der Waals surface area contributed by atoms with E-state index in [1.165, 1.54) is 0 Å². The summed E-state index contributed by atoms with van der Waals surface area (Å²) < 4.78 is 7.86. The van der Waals surface area contributed by atoms with E-state index in [9.17, 15) is 4.79 Å². The molecule has 1 saturated carbocycles. The number of aryl methyl sites for hydroxylation is 1. The van der Waals surface area contributed by atoms with Crippen molar-refractivity contribution in [1.29, 1.82) is 0 Å². The van der Waals surface area contributed by atoms with E-state index in [2.05, 4.69) is 20.5 Å². The number of nitrogens with zero attached hydrogens (tertiary/aromatic N) is 4. The van der Waals surface area contributed by atoms with Crippen molar-refractivity contribution in [2.75, 3.05) is 6.54 Å². The van der Waals surface area contributed by atoms with Crippen LogP contribution in [0.25, 0.3) is 0 Å². The predicted molar refractivity (Wildman–Crippen MR) is 104 cm³/mol. The van der Waals surface area contributed by atoms with Crippen LogP contribution in [-0.4, -0.2) is 32.2 Å². The number of rotatable bonds is 8. The largest absolute Gasteiger partial charge is 0.424 e. The third kappa shape index (κ3) is 3.94. The van der Waals surface area contributed by atoms with Crippen LogP contribution < -0.4 is 5.32 Å². The van der Waals surface area contributed by atoms with Crippen LogP contribution in [0.4, 0.5) is 0 Å². The summed E-state index contributed by atoms with van der Waals surface area (Å²) in [4.78, 5) is 16.0. The molecule has 0 spiro atoms. The Morgan fingerprint density at radius 2 is 2.07 bits per heavy atom. The van der Waals surface area contributed by atoms with Gasteiger partial charge in [-0.2, -0.15) is 0 Å². The first kappa shape index (κ1) is 18.7. The molecule has 28 heavy (non-hydrogen) atoms. The SMILES string of the molecule is O=C(CCc1nnc(C2(c3ccc(Cl)cc3)CCC2)o1)NCCn1ccnc1. The highest BCUT2D eigenvalue weighted by atomic mass is 35.5. The minimum absolute atomic E-state index is 0.0316. The van der Waals surface area contributed by atoms with Gasteiger partial charge >= 0.3 is 0 Å². The third-order valence-corrected chi connectivity index (χ3v) is 5.55. The summed E-state index contributed by atoms with van der Waals surface area (Å²) in [6, 6.07) is 7.84. The van der Waals surface area contributed by atoms with Crippen LogP contribution in [0.2, 0.25) is 5.02 Å². The van der Waals surface area contributed by atoms with E-state index in [1.54, 1.807) is 12.5 Å². The van der Waals surface area contributed by atoms with Gasteiger partial charge in [-0.1, -0.05) is 30.2 Å². The molecule has 1 aliphatic carbocycles. The number of benzene rings is 1. The lowest BCUT2D eigenvalue weighted by Crippen LogP contribution is -2.35. The highest BCUT2D eigenvalue weighted by molar-refractivity contribution is 6.30. The van der Waals surface area contributed by atoms with Crippen molar-refractivity contribution < 1.29 is 9.21 Å². The normalized spacial score (nSPS) is 15.2. The molecule has 1 aromatic carbocycles. The van der Waals surface area contributed by atoms with Crippen LogP contribution in [-0.2, 0) is 23.2 Å². The number of carbonyl (C=O) groups excluding carboxylic acids is 1. The van der Waals surface area contributed by atoms with Crippen molar-refractivity contribution >= 4 is 17.5 Å². The maximum atomic E-state index is 12.0. The summed E-state index contributed by atoms with van der Waals surface area (Å²) in [7, 11) is 0. The molecule has 1 amide bonds. The fraction of sp³-hybridized carbons (Fsp3) is 0.400. The molecule has 0 bridgehead atoms. The second-order valence-electron chi connectivity index (χ2n) is 7.09. The van der Waals surface area contributed by atoms with Gasteiger partial charge < -0.3 is 14.3 Å². The molecule has 0 atom stereocenters. The smallest absolute Gasteiger partial charge is 0.227 e. The molecule has 1 aliphatic rings. The van der Waals surface area contributed by atoms with Crippen molar-refractivity contribution in [3.63, 3.8) is 0 Å². The average Bonchev–Trinajstić information content (AvgIpc) is 3.33. The molecule has 0 saturated heterocycles. The zero-order valence-corrected chi connectivity index (χ0v) is 16.2. The Morgan fingerprint density at radius 1 is 1.25 bits per heavy atom. The first-order valence-electron chi connectivity index (χ1n) is 9.47. The van der Waals surface area contributed by atoms with E-state index in [0.29, 0.717) is 42.7 Å². The van der Waals surface area contributed by atoms with Gasteiger partial charge in [0.1, 0.15) is 0 Å². The molecule has 0 aliphatic heterocycles. The lowest BCUT2D eigenvalue weighted by Gasteiger charge is -2.39. The monoisotopic (exact) mass is 399 g/mol. The molecule has 1 fully saturated rings. The van der Waals surface area contributed by atoms with Crippen LogP contribution in [0, 0.1) is 0 Å². The summed E-state index contributed by atoms with van der Waals surface area (Å²) in [5.74, 6) is 1.10. The molecule has 7 nitrogen and oxygen atoms in total. The van der Waals surface area contributed by atoms with Crippen molar-refractivity contribution in [1.82, 2.24) is 25.1 Å². The zero-order chi connectivity index (χ0) is 19.4. The fourth-order valence-corrected chi connectivity index (χ4v) is 3.65. The Balaban J connectivity index is 1.32. The average molecular weight is 400 g/mol. The van der Waals surface area contributed by atoms with Gasteiger partial charge in [0.25, 0.3) is 0 Å². The van der Waals surface area contributed by atoms with Gasteiger partial charge in [0.15, 0.2) is 0 Å². The van der Waals surface area contributed by atoms with Gasteiger partial charge in [-0.25, -0.2) is 4.98 Å². The molecule has 146 valence electrons. The molecule has 3 aromatic rings. The van der Waals surface area contributed by atoms with Crippen LogP contribution in [0.5, 0.6) is 0 Å². The lowest BCUT2D eigenvalue weighted by atomic mass is 9.64. The number of hydrogen-bond donors (Lipinski definition) is 1. The zero-order valence-electron chi connectivity index (χ0n) is 15.5. The lowest BCUT2D eigenvalue weighted by molar-refractivity contribution is -0.121. The van der Waals surface area contributed by atoms with Gasteiger partial charge in [0, 0.05) is 43.3 Å². The third-order valence-electron chi connectivity index (χ3n) is 5.30. The van der Waals surface area contributed by atoms with E-state index in [0.717, 1.165) is 24.8 Å². The maximum absolute atomic E-state index is 12.0. The maximum Gasteiger partial charge on any atom is 0.227 e. The van der Waals surface area contributed by atoms with E-state index < -0.39 is 0 Å². The Morgan fingerprint density at radius 3 is 2.75 bits per heavy atom. The molecule has 4 rings (SSSR count). The predicted octanol–water partition coefficient (Wildman–Crippen LogP) is 3.14. The number of nitrogens with one attached hydrogen (secondary N) is 1. The molecular formula is C20H22ClN5O2. The van der Waals surface area contributed by atoms with E-state index >= 15 is 0 Å². The van der Waals surface area contributed by atoms with Gasteiger partial charge in [0.2, 0.25) is 17.7 Å². The van der Waals surface area contributed by atoms with Crippen LogP contribution in [0.1, 0.15) is 43.0 Å². The van der Waals surface area contributed by atoms with Crippen molar-refractivity contribution in [2.45, 2.75) is 44.1 Å². The Labute approximate surface area is 168 Å². The van der Waals surface area contributed by atoms with E-state index in [1.807, 2.05) is 35.0 Å². The number of amides is 1. The first-order valence-corrected chi connectivity index (χ1v) is 9.85. The van der Waals surface area contributed by atoms with E-state index in [-0.39, 0.29) is 11.3 Å².